The van der Waals surface area contributed by atoms with Gasteiger partial charge < -0.3 is 4.52 Å². The summed E-state index contributed by atoms with van der Waals surface area (Å²) in [5, 5.41) is 4.72. The molecule has 1 aromatic heterocycles. The molecule has 86 valence electrons. The molecule has 0 fully saturated rings. The topological polar surface area (TPSA) is 38.9 Å². The first-order valence-electron chi connectivity index (χ1n) is 4.93. The summed E-state index contributed by atoms with van der Waals surface area (Å²) < 4.78 is 5.06. The SMILES string of the molecule is C#CCCc1nc(-c2cccc(Cl)c2Cl)no1. The van der Waals surface area contributed by atoms with Crippen molar-refractivity contribution in [3.8, 4) is 23.7 Å². The minimum absolute atomic E-state index is 0.415. The van der Waals surface area contributed by atoms with E-state index in [-0.39, 0.29) is 0 Å². The van der Waals surface area contributed by atoms with E-state index in [0.717, 1.165) is 0 Å². The zero-order valence-electron chi connectivity index (χ0n) is 8.78. The van der Waals surface area contributed by atoms with Crippen molar-refractivity contribution in [3.05, 3.63) is 34.1 Å². The first-order chi connectivity index (χ1) is 8.22. The fourth-order valence-electron chi connectivity index (χ4n) is 1.32. The molecular weight excluding hydrogens is 259 g/mol. The van der Waals surface area contributed by atoms with Crippen LogP contribution in [0.3, 0.4) is 0 Å². The van der Waals surface area contributed by atoms with E-state index in [9.17, 15) is 0 Å². The zero-order chi connectivity index (χ0) is 12.3. The maximum Gasteiger partial charge on any atom is 0.227 e. The minimum atomic E-state index is 0.415. The Morgan fingerprint density at radius 2 is 2.18 bits per heavy atom. The number of nitrogens with zero attached hydrogens (tertiary/aromatic N) is 2. The van der Waals surface area contributed by atoms with Gasteiger partial charge in [-0.25, -0.2) is 0 Å². The first kappa shape index (κ1) is 12.0. The fraction of sp³-hybridized carbons (Fsp3) is 0.167. The van der Waals surface area contributed by atoms with Gasteiger partial charge in [-0.05, 0) is 12.1 Å². The highest BCUT2D eigenvalue weighted by Gasteiger charge is 2.13. The van der Waals surface area contributed by atoms with Crippen molar-refractivity contribution in [2.75, 3.05) is 0 Å². The van der Waals surface area contributed by atoms with E-state index in [2.05, 4.69) is 16.1 Å². The van der Waals surface area contributed by atoms with Gasteiger partial charge in [0.25, 0.3) is 0 Å². The number of benzene rings is 1. The van der Waals surface area contributed by atoms with Crippen molar-refractivity contribution >= 4 is 23.2 Å². The Hall–Kier alpha value is -1.50. The Labute approximate surface area is 109 Å². The van der Waals surface area contributed by atoms with Crippen LogP contribution >= 0.6 is 23.2 Å². The second-order valence-corrected chi connectivity index (χ2v) is 4.10. The highest BCUT2D eigenvalue weighted by atomic mass is 35.5. The summed E-state index contributed by atoms with van der Waals surface area (Å²) in [6, 6.07) is 5.26. The average molecular weight is 267 g/mol. The predicted octanol–water partition coefficient (Wildman–Crippen LogP) is 3.61. The second-order valence-electron chi connectivity index (χ2n) is 3.32. The quantitative estimate of drug-likeness (QED) is 0.797. The summed E-state index contributed by atoms with van der Waals surface area (Å²) in [6.07, 6.45) is 6.28. The lowest BCUT2D eigenvalue weighted by Crippen LogP contribution is -1.85. The van der Waals surface area contributed by atoms with Gasteiger partial charge in [0.1, 0.15) is 0 Å². The van der Waals surface area contributed by atoms with E-state index < -0.39 is 0 Å². The van der Waals surface area contributed by atoms with Crippen molar-refractivity contribution in [2.45, 2.75) is 12.8 Å². The molecule has 5 heteroatoms. The van der Waals surface area contributed by atoms with Crippen LogP contribution in [-0.2, 0) is 6.42 Å². The number of halogens is 2. The van der Waals surface area contributed by atoms with Crippen molar-refractivity contribution in [1.29, 1.82) is 0 Å². The lowest BCUT2D eigenvalue weighted by atomic mass is 10.2. The monoisotopic (exact) mass is 266 g/mol. The maximum atomic E-state index is 6.06. The van der Waals surface area contributed by atoms with Gasteiger partial charge in [-0.2, -0.15) is 4.98 Å². The average Bonchev–Trinajstić information content (AvgIpc) is 2.78. The molecule has 0 unspecified atom stereocenters. The van der Waals surface area contributed by atoms with E-state index in [1.807, 2.05) is 0 Å². The van der Waals surface area contributed by atoms with Crippen molar-refractivity contribution in [1.82, 2.24) is 10.1 Å². The Morgan fingerprint density at radius 1 is 1.35 bits per heavy atom. The standard InChI is InChI=1S/C12H8Cl2N2O/c1-2-3-7-10-15-12(16-17-10)8-5-4-6-9(13)11(8)14/h1,4-6H,3,7H2. The van der Waals surface area contributed by atoms with Crippen LogP contribution in [0.4, 0.5) is 0 Å². The first-order valence-corrected chi connectivity index (χ1v) is 5.68. The van der Waals surface area contributed by atoms with Gasteiger partial charge in [0.05, 0.1) is 10.0 Å². The van der Waals surface area contributed by atoms with Gasteiger partial charge in [0, 0.05) is 18.4 Å². The molecule has 0 aliphatic rings. The van der Waals surface area contributed by atoms with Crippen LogP contribution in [0.15, 0.2) is 22.7 Å². The molecule has 1 heterocycles. The summed E-state index contributed by atoms with van der Waals surface area (Å²) in [5.41, 5.74) is 0.648. The Bertz CT molecular complexity index is 572. The molecule has 0 radical (unpaired) electrons. The van der Waals surface area contributed by atoms with Gasteiger partial charge in [0.15, 0.2) is 0 Å². The Kier molecular flexibility index (Phi) is 3.68. The van der Waals surface area contributed by atoms with Crippen molar-refractivity contribution < 1.29 is 4.52 Å². The van der Waals surface area contributed by atoms with Gasteiger partial charge in [-0.15, -0.1) is 12.3 Å². The second kappa shape index (κ2) is 5.22. The van der Waals surface area contributed by atoms with Crippen LogP contribution in [0.25, 0.3) is 11.4 Å². The molecule has 3 nitrogen and oxygen atoms in total. The molecule has 0 aliphatic heterocycles. The third-order valence-corrected chi connectivity index (χ3v) is 2.96. The number of hydrogen-bond donors (Lipinski definition) is 0. The van der Waals surface area contributed by atoms with Gasteiger partial charge in [-0.3, -0.25) is 0 Å². The normalized spacial score (nSPS) is 10.2. The van der Waals surface area contributed by atoms with E-state index in [0.29, 0.717) is 40.2 Å². The molecule has 0 bridgehead atoms. The van der Waals surface area contributed by atoms with Crippen LogP contribution in [-0.4, -0.2) is 10.1 Å². The van der Waals surface area contributed by atoms with Crippen LogP contribution < -0.4 is 0 Å². The molecule has 0 atom stereocenters. The lowest BCUT2D eigenvalue weighted by Gasteiger charge is -1.99. The fourth-order valence-corrected chi connectivity index (χ4v) is 1.71. The number of aryl methyl sites for hydroxylation is 1. The molecule has 0 spiro atoms. The Morgan fingerprint density at radius 3 is 2.94 bits per heavy atom. The molecule has 2 rings (SSSR count). The van der Waals surface area contributed by atoms with Crippen molar-refractivity contribution in [3.63, 3.8) is 0 Å². The summed E-state index contributed by atoms with van der Waals surface area (Å²) >= 11 is 12.0. The molecular formula is C12H8Cl2N2O. The summed E-state index contributed by atoms with van der Waals surface area (Å²) in [4.78, 5) is 4.20. The smallest absolute Gasteiger partial charge is 0.227 e. The molecule has 0 saturated heterocycles. The molecule has 0 amide bonds. The highest BCUT2D eigenvalue weighted by molar-refractivity contribution is 6.43. The van der Waals surface area contributed by atoms with E-state index >= 15 is 0 Å². The zero-order valence-corrected chi connectivity index (χ0v) is 10.3. The van der Waals surface area contributed by atoms with Crippen LogP contribution in [0.1, 0.15) is 12.3 Å². The molecule has 2 aromatic rings. The Balaban J connectivity index is 2.31. The molecule has 0 aliphatic carbocycles. The molecule has 17 heavy (non-hydrogen) atoms. The third-order valence-electron chi connectivity index (χ3n) is 2.14. The van der Waals surface area contributed by atoms with Gasteiger partial charge in [-0.1, -0.05) is 34.4 Å². The van der Waals surface area contributed by atoms with E-state index in [1.165, 1.54) is 0 Å². The number of rotatable bonds is 3. The summed E-state index contributed by atoms with van der Waals surface area (Å²) in [7, 11) is 0. The molecule has 0 saturated carbocycles. The molecule has 0 N–H and O–H groups in total. The lowest BCUT2D eigenvalue weighted by molar-refractivity contribution is 0.380. The number of hydrogen-bond acceptors (Lipinski definition) is 3. The van der Waals surface area contributed by atoms with Crippen molar-refractivity contribution in [2.24, 2.45) is 0 Å². The number of aromatic nitrogens is 2. The van der Waals surface area contributed by atoms with E-state index in [1.54, 1.807) is 18.2 Å². The van der Waals surface area contributed by atoms with E-state index in [4.69, 9.17) is 34.1 Å². The predicted molar refractivity (Wildman–Crippen MR) is 66.9 cm³/mol. The summed E-state index contributed by atoms with van der Waals surface area (Å²) in [5.74, 6) is 3.43. The van der Waals surface area contributed by atoms with Gasteiger partial charge in [0.2, 0.25) is 11.7 Å². The largest absolute Gasteiger partial charge is 0.339 e. The number of terminal acetylenes is 1. The van der Waals surface area contributed by atoms with Crippen LogP contribution in [0, 0.1) is 12.3 Å². The third kappa shape index (κ3) is 2.60. The minimum Gasteiger partial charge on any atom is -0.339 e. The maximum absolute atomic E-state index is 6.06. The summed E-state index contributed by atoms with van der Waals surface area (Å²) in [6.45, 7) is 0. The molecule has 1 aromatic carbocycles. The van der Waals surface area contributed by atoms with Crippen LogP contribution in [0.5, 0.6) is 0 Å². The highest BCUT2D eigenvalue weighted by Crippen LogP contribution is 2.31. The van der Waals surface area contributed by atoms with Gasteiger partial charge >= 0.3 is 0 Å². The van der Waals surface area contributed by atoms with Crippen LogP contribution in [0.2, 0.25) is 10.0 Å².